The Morgan fingerprint density at radius 3 is 2.42 bits per heavy atom. The zero-order valence-corrected chi connectivity index (χ0v) is 27.5. The van der Waals surface area contributed by atoms with Crippen molar-refractivity contribution in [3.63, 3.8) is 0 Å². The zero-order chi connectivity index (χ0) is 32.1. The Bertz CT molecular complexity index is 1830. The van der Waals surface area contributed by atoms with Crippen LogP contribution in [-0.4, -0.2) is 36.0 Å². The van der Waals surface area contributed by atoms with Crippen molar-refractivity contribution in [2.75, 3.05) is 17.3 Å². The molecular formula is C33H24BrCl2N3O5S. The van der Waals surface area contributed by atoms with E-state index in [1.54, 1.807) is 78.9 Å². The number of ether oxygens (including phenoxy) is 1. The molecule has 1 aliphatic rings. The van der Waals surface area contributed by atoms with Gasteiger partial charge in [-0.15, -0.1) is 11.8 Å². The summed E-state index contributed by atoms with van der Waals surface area (Å²) in [5.74, 6) is -1.41. The van der Waals surface area contributed by atoms with Gasteiger partial charge in [0.2, 0.25) is 11.8 Å². The van der Waals surface area contributed by atoms with Gasteiger partial charge in [-0.25, -0.2) is 4.90 Å². The molecular weight excluding hydrogens is 701 g/mol. The maximum absolute atomic E-state index is 13.5. The van der Waals surface area contributed by atoms with Crippen molar-refractivity contribution in [2.45, 2.75) is 16.6 Å². The zero-order valence-electron chi connectivity index (χ0n) is 23.6. The molecule has 0 bridgehead atoms. The summed E-state index contributed by atoms with van der Waals surface area (Å²) in [5.41, 5.74) is 1.68. The minimum atomic E-state index is -0.674. The van der Waals surface area contributed by atoms with Gasteiger partial charge in [0.25, 0.3) is 11.8 Å². The van der Waals surface area contributed by atoms with Crippen LogP contribution < -0.4 is 20.3 Å². The van der Waals surface area contributed by atoms with Gasteiger partial charge in [-0.2, -0.15) is 0 Å². The predicted octanol–water partition coefficient (Wildman–Crippen LogP) is 7.60. The number of hydrogen-bond donors (Lipinski definition) is 2. The van der Waals surface area contributed by atoms with Crippen LogP contribution in [0, 0.1) is 0 Å². The molecule has 0 saturated carbocycles. The molecule has 8 nitrogen and oxygen atoms in total. The molecule has 0 aliphatic carbocycles. The topological polar surface area (TPSA) is 105 Å². The van der Waals surface area contributed by atoms with E-state index in [9.17, 15) is 19.2 Å². The number of hydrogen-bond acceptors (Lipinski definition) is 6. The molecule has 4 amide bonds. The molecule has 0 unspecified atom stereocenters. The summed E-state index contributed by atoms with van der Waals surface area (Å²) in [6.07, 6.45) is 1.55. The lowest BCUT2D eigenvalue weighted by Crippen LogP contribution is -2.31. The van der Waals surface area contributed by atoms with Crippen LogP contribution in [0.15, 0.2) is 106 Å². The first-order chi connectivity index (χ1) is 21.6. The summed E-state index contributed by atoms with van der Waals surface area (Å²) in [7, 11) is 1.48. The van der Waals surface area contributed by atoms with Gasteiger partial charge >= 0.3 is 0 Å². The predicted molar refractivity (Wildman–Crippen MR) is 181 cm³/mol. The lowest BCUT2D eigenvalue weighted by Gasteiger charge is -2.16. The Labute approximate surface area is 281 Å². The second-order valence-corrected chi connectivity index (χ2v) is 12.7. The van der Waals surface area contributed by atoms with Gasteiger partial charge in [0.15, 0.2) is 0 Å². The standard InChI is InChI=1S/C33H24BrCl2N3O5S/c1-44-28-14-13-22(17-26(28)36)39-30(40)18-29(33(39)43)45-23-6-4-5-21(16-23)37-32(42)27(15-19-9-11-20(34)12-10-19)38-31(41)24-7-2-3-8-25(24)35/h2-17,29H,18H2,1H3,(H,37,42)(H,38,41)/b27-15-/t29-/m0/s1. The number of anilines is 2. The van der Waals surface area contributed by atoms with Gasteiger partial charge in [-0.1, -0.05) is 69.5 Å². The van der Waals surface area contributed by atoms with Crippen molar-refractivity contribution >= 4 is 92.0 Å². The van der Waals surface area contributed by atoms with Crippen molar-refractivity contribution in [1.82, 2.24) is 5.32 Å². The number of methoxy groups -OCH3 is 1. The Morgan fingerprint density at radius 1 is 0.956 bits per heavy atom. The fourth-order valence-corrected chi connectivity index (χ4v) is 6.34. The van der Waals surface area contributed by atoms with Gasteiger partial charge in [0.05, 0.1) is 33.7 Å². The normalized spacial score (nSPS) is 14.8. The third kappa shape index (κ3) is 7.77. The molecule has 1 fully saturated rings. The highest BCUT2D eigenvalue weighted by atomic mass is 79.9. The lowest BCUT2D eigenvalue weighted by atomic mass is 10.1. The smallest absolute Gasteiger partial charge is 0.272 e. The summed E-state index contributed by atoms with van der Waals surface area (Å²) in [4.78, 5) is 54.4. The molecule has 228 valence electrons. The maximum atomic E-state index is 13.5. The summed E-state index contributed by atoms with van der Waals surface area (Å²) >= 11 is 17.0. The quantitative estimate of drug-likeness (QED) is 0.136. The molecule has 1 heterocycles. The van der Waals surface area contributed by atoms with E-state index in [1.165, 1.54) is 24.9 Å². The first-order valence-electron chi connectivity index (χ1n) is 13.4. The van der Waals surface area contributed by atoms with Crippen LogP contribution >= 0.6 is 50.9 Å². The fraction of sp³-hybridized carbons (Fsp3) is 0.0909. The number of thioether (sulfide) groups is 1. The second kappa shape index (κ2) is 14.3. The highest BCUT2D eigenvalue weighted by molar-refractivity contribution is 9.10. The molecule has 1 atom stereocenters. The third-order valence-corrected chi connectivity index (χ3v) is 8.99. The number of halogens is 3. The molecule has 1 saturated heterocycles. The number of nitrogens with one attached hydrogen (secondary N) is 2. The van der Waals surface area contributed by atoms with Crippen LogP contribution in [0.3, 0.4) is 0 Å². The van der Waals surface area contributed by atoms with Crippen molar-refractivity contribution in [2.24, 2.45) is 0 Å². The summed E-state index contributed by atoms with van der Waals surface area (Å²) in [6, 6.07) is 25.4. The van der Waals surface area contributed by atoms with Gasteiger partial charge in [0, 0.05) is 21.5 Å². The molecule has 5 rings (SSSR count). The van der Waals surface area contributed by atoms with Gasteiger partial charge < -0.3 is 15.4 Å². The molecule has 2 N–H and O–H groups in total. The maximum Gasteiger partial charge on any atom is 0.272 e. The van der Waals surface area contributed by atoms with E-state index in [0.29, 0.717) is 27.6 Å². The first kappa shape index (κ1) is 32.3. The molecule has 0 spiro atoms. The molecule has 12 heteroatoms. The molecule has 45 heavy (non-hydrogen) atoms. The Hall–Kier alpha value is -4.09. The summed E-state index contributed by atoms with van der Waals surface area (Å²) in [6.45, 7) is 0. The number of carbonyl (C=O) groups is 4. The fourth-order valence-electron chi connectivity index (χ4n) is 4.49. The Kier molecular flexibility index (Phi) is 10.3. The van der Waals surface area contributed by atoms with Crippen LogP contribution in [0.4, 0.5) is 11.4 Å². The van der Waals surface area contributed by atoms with E-state index in [2.05, 4.69) is 26.6 Å². The van der Waals surface area contributed by atoms with E-state index in [0.717, 1.165) is 9.37 Å². The van der Waals surface area contributed by atoms with Gasteiger partial charge in [-0.3, -0.25) is 19.2 Å². The number of nitrogens with zero attached hydrogens (tertiary/aromatic N) is 1. The van der Waals surface area contributed by atoms with E-state index in [1.807, 2.05) is 12.1 Å². The monoisotopic (exact) mass is 723 g/mol. The van der Waals surface area contributed by atoms with Crippen molar-refractivity contribution in [1.29, 1.82) is 0 Å². The molecule has 0 aromatic heterocycles. The van der Waals surface area contributed by atoms with Crippen molar-refractivity contribution < 1.29 is 23.9 Å². The number of imide groups is 1. The number of carbonyl (C=O) groups excluding carboxylic acids is 4. The number of rotatable bonds is 9. The average molecular weight is 725 g/mol. The SMILES string of the molecule is COc1ccc(N2C(=O)C[C@H](Sc3cccc(NC(=O)/C(=C/c4ccc(Br)cc4)NC(=O)c4ccccc4Cl)c3)C2=O)cc1Cl. The van der Waals surface area contributed by atoms with Crippen molar-refractivity contribution in [3.8, 4) is 5.75 Å². The van der Waals surface area contributed by atoms with E-state index in [4.69, 9.17) is 27.9 Å². The van der Waals surface area contributed by atoms with E-state index >= 15 is 0 Å². The van der Waals surface area contributed by atoms with E-state index < -0.39 is 17.1 Å². The first-order valence-corrected chi connectivity index (χ1v) is 15.9. The molecule has 1 aliphatic heterocycles. The number of amides is 4. The molecule has 4 aromatic carbocycles. The van der Waals surface area contributed by atoms with Gasteiger partial charge in [0.1, 0.15) is 11.4 Å². The largest absolute Gasteiger partial charge is 0.495 e. The Morgan fingerprint density at radius 2 is 1.71 bits per heavy atom. The third-order valence-electron chi connectivity index (χ3n) is 6.66. The Balaban J connectivity index is 1.33. The lowest BCUT2D eigenvalue weighted by molar-refractivity contribution is -0.121. The van der Waals surface area contributed by atoms with Crippen LogP contribution in [-0.2, 0) is 14.4 Å². The number of benzene rings is 4. The molecule has 0 radical (unpaired) electrons. The van der Waals surface area contributed by atoms with E-state index in [-0.39, 0.29) is 39.5 Å². The highest BCUT2D eigenvalue weighted by Crippen LogP contribution is 2.37. The van der Waals surface area contributed by atoms with Crippen LogP contribution in [0.5, 0.6) is 5.75 Å². The van der Waals surface area contributed by atoms with Gasteiger partial charge in [-0.05, 0) is 72.3 Å². The van der Waals surface area contributed by atoms with Crippen molar-refractivity contribution in [3.05, 3.63) is 122 Å². The molecule has 4 aromatic rings. The van der Waals surface area contributed by atoms with Crippen LogP contribution in [0.1, 0.15) is 22.3 Å². The van der Waals surface area contributed by atoms with Crippen LogP contribution in [0.2, 0.25) is 10.0 Å². The summed E-state index contributed by atoms with van der Waals surface area (Å²) in [5, 5.41) is 5.35. The van der Waals surface area contributed by atoms with Crippen LogP contribution in [0.25, 0.3) is 6.08 Å². The average Bonchev–Trinajstić information content (AvgIpc) is 3.29. The summed E-state index contributed by atoms with van der Waals surface area (Å²) < 4.78 is 6.02. The second-order valence-electron chi connectivity index (χ2n) is 9.72. The minimum absolute atomic E-state index is 0.00210. The minimum Gasteiger partial charge on any atom is -0.495 e. The highest BCUT2D eigenvalue weighted by Gasteiger charge is 2.40.